The van der Waals surface area contributed by atoms with Crippen LogP contribution in [0.2, 0.25) is 0 Å². The first-order valence-corrected chi connectivity index (χ1v) is 9.03. The summed E-state index contributed by atoms with van der Waals surface area (Å²) in [5.74, 6) is 0.515. The van der Waals surface area contributed by atoms with Crippen LogP contribution in [0.3, 0.4) is 0 Å². The van der Waals surface area contributed by atoms with Crippen LogP contribution < -0.4 is 5.32 Å². The SMILES string of the molecule is CCC1CCC(NC(=O)N(C)C(C)CSC)(C(=O)O)CC1. The van der Waals surface area contributed by atoms with Crippen LogP contribution >= 0.6 is 11.8 Å². The van der Waals surface area contributed by atoms with Crippen LogP contribution in [0.5, 0.6) is 0 Å². The Balaban J connectivity index is 2.71. The van der Waals surface area contributed by atoms with Crippen molar-refractivity contribution in [2.75, 3.05) is 19.1 Å². The minimum atomic E-state index is -1.09. The highest BCUT2D eigenvalue weighted by Crippen LogP contribution is 2.34. The van der Waals surface area contributed by atoms with Crippen molar-refractivity contribution in [2.45, 2.75) is 57.5 Å². The molecule has 21 heavy (non-hydrogen) atoms. The topological polar surface area (TPSA) is 69.6 Å². The summed E-state index contributed by atoms with van der Waals surface area (Å²) in [6, 6.07) is -0.202. The summed E-state index contributed by atoms with van der Waals surface area (Å²) in [4.78, 5) is 25.6. The molecule has 0 bridgehead atoms. The molecule has 1 rings (SSSR count). The Morgan fingerprint density at radius 1 is 1.43 bits per heavy atom. The van der Waals surface area contributed by atoms with Gasteiger partial charge in [-0.25, -0.2) is 9.59 Å². The lowest BCUT2D eigenvalue weighted by Gasteiger charge is -2.39. The second-order valence-corrected chi connectivity index (χ2v) is 6.99. The van der Waals surface area contributed by atoms with Crippen molar-refractivity contribution in [3.63, 3.8) is 0 Å². The maximum absolute atomic E-state index is 12.3. The first kappa shape index (κ1) is 18.1. The maximum atomic E-state index is 12.3. The lowest BCUT2D eigenvalue weighted by Crippen LogP contribution is -2.59. The summed E-state index contributed by atoms with van der Waals surface area (Å²) in [6.07, 6.45) is 5.86. The minimum absolute atomic E-state index is 0.0813. The summed E-state index contributed by atoms with van der Waals surface area (Å²) in [5, 5.41) is 12.4. The zero-order chi connectivity index (χ0) is 16.0. The molecule has 0 saturated heterocycles. The van der Waals surface area contributed by atoms with Gasteiger partial charge in [-0.15, -0.1) is 0 Å². The van der Waals surface area contributed by atoms with Gasteiger partial charge in [0, 0.05) is 18.8 Å². The van der Waals surface area contributed by atoms with E-state index in [1.807, 2.05) is 13.2 Å². The molecule has 0 aromatic carbocycles. The van der Waals surface area contributed by atoms with Crippen LogP contribution in [0.25, 0.3) is 0 Å². The monoisotopic (exact) mass is 316 g/mol. The first-order chi connectivity index (χ1) is 9.86. The predicted octanol–water partition coefficient (Wildman–Crippen LogP) is 2.80. The van der Waals surface area contributed by atoms with Gasteiger partial charge in [0.2, 0.25) is 0 Å². The van der Waals surface area contributed by atoms with Gasteiger partial charge in [0.1, 0.15) is 5.54 Å². The lowest BCUT2D eigenvalue weighted by molar-refractivity contribution is -0.146. The lowest BCUT2D eigenvalue weighted by atomic mass is 9.75. The number of rotatable bonds is 6. The van der Waals surface area contributed by atoms with E-state index >= 15 is 0 Å². The van der Waals surface area contributed by atoms with Gasteiger partial charge in [-0.05, 0) is 44.8 Å². The number of nitrogens with zero attached hydrogens (tertiary/aromatic N) is 1. The molecular formula is C15H28N2O3S. The zero-order valence-corrected chi connectivity index (χ0v) is 14.3. The van der Waals surface area contributed by atoms with Gasteiger partial charge in [-0.2, -0.15) is 11.8 Å². The van der Waals surface area contributed by atoms with Gasteiger partial charge >= 0.3 is 12.0 Å². The third kappa shape index (κ3) is 4.53. The van der Waals surface area contributed by atoms with Crippen molar-refractivity contribution in [3.8, 4) is 0 Å². The number of aliphatic carboxylic acids is 1. The number of amides is 2. The number of carbonyl (C=O) groups is 2. The maximum Gasteiger partial charge on any atom is 0.329 e. The van der Waals surface area contributed by atoms with Gasteiger partial charge in [-0.3, -0.25) is 0 Å². The number of carboxylic acid groups (broad SMARTS) is 1. The van der Waals surface area contributed by atoms with Gasteiger partial charge in [-0.1, -0.05) is 13.3 Å². The van der Waals surface area contributed by atoms with Crippen molar-refractivity contribution in [3.05, 3.63) is 0 Å². The molecule has 1 fully saturated rings. The Bertz CT molecular complexity index is 368. The molecule has 2 N–H and O–H groups in total. The van der Waals surface area contributed by atoms with E-state index in [1.54, 1.807) is 23.7 Å². The molecule has 122 valence electrons. The fraction of sp³-hybridized carbons (Fsp3) is 0.867. The molecule has 5 nitrogen and oxygen atoms in total. The molecule has 2 amide bonds. The molecule has 1 unspecified atom stereocenters. The van der Waals surface area contributed by atoms with E-state index in [1.165, 1.54) is 0 Å². The van der Waals surface area contributed by atoms with E-state index in [4.69, 9.17) is 0 Å². The van der Waals surface area contributed by atoms with Gasteiger partial charge in [0.05, 0.1) is 0 Å². The smallest absolute Gasteiger partial charge is 0.329 e. The highest BCUT2D eigenvalue weighted by molar-refractivity contribution is 7.98. The highest BCUT2D eigenvalue weighted by Gasteiger charge is 2.43. The van der Waals surface area contributed by atoms with Gasteiger partial charge in [0.15, 0.2) is 0 Å². The average Bonchev–Trinajstić information content (AvgIpc) is 2.47. The van der Waals surface area contributed by atoms with Crippen LogP contribution in [-0.2, 0) is 4.79 Å². The van der Waals surface area contributed by atoms with E-state index in [0.717, 1.165) is 25.0 Å². The summed E-state index contributed by atoms with van der Waals surface area (Å²) >= 11 is 1.67. The fourth-order valence-electron chi connectivity index (χ4n) is 2.82. The molecule has 1 aliphatic rings. The van der Waals surface area contributed by atoms with Gasteiger partial charge in [0.25, 0.3) is 0 Å². The molecule has 1 atom stereocenters. The van der Waals surface area contributed by atoms with E-state index in [-0.39, 0.29) is 12.1 Å². The third-order valence-electron chi connectivity index (χ3n) is 4.68. The summed E-state index contributed by atoms with van der Waals surface area (Å²) in [7, 11) is 1.73. The predicted molar refractivity (Wildman–Crippen MR) is 86.8 cm³/mol. The first-order valence-electron chi connectivity index (χ1n) is 7.63. The van der Waals surface area contributed by atoms with Crippen LogP contribution in [0.15, 0.2) is 0 Å². The number of carboxylic acids is 1. The Morgan fingerprint density at radius 3 is 2.43 bits per heavy atom. The molecule has 0 spiro atoms. The second kappa shape index (κ2) is 7.92. The minimum Gasteiger partial charge on any atom is -0.480 e. The van der Waals surface area contributed by atoms with Crippen LogP contribution in [0, 0.1) is 5.92 Å². The molecule has 0 aromatic heterocycles. The molecule has 0 aliphatic heterocycles. The summed E-state index contributed by atoms with van der Waals surface area (Å²) < 4.78 is 0. The van der Waals surface area contributed by atoms with Crippen LogP contribution in [0.1, 0.15) is 46.0 Å². The van der Waals surface area contributed by atoms with Crippen molar-refractivity contribution in [2.24, 2.45) is 5.92 Å². The third-order valence-corrected chi connectivity index (χ3v) is 5.50. The van der Waals surface area contributed by atoms with Crippen LogP contribution in [-0.4, -0.2) is 52.6 Å². The summed E-state index contributed by atoms with van der Waals surface area (Å²) in [6.45, 7) is 4.10. The van der Waals surface area contributed by atoms with Crippen molar-refractivity contribution >= 4 is 23.8 Å². The number of thioether (sulfide) groups is 1. The largest absolute Gasteiger partial charge is 0.480 e. The van der Waals surface area contributed by atoms with Crippen molar-refractivity contribution < 1.29 is 14.7 Å². The molecule has 0 aromatic rings. The highest BCUT2D eigenvalue weighted by atomic mass is 32.2. The Morgan fingerprint density at radius 2 is 2.00 bits per heavy atom. The molecule has 6 heteroatoms. The van der Waals surface area contributed by atoms with E-state index in [2.05, 4.69) is 12.2 Å². The number of urea groups is 1. The zero-order valence-electron chi connectivity index (χ0n) is 13.5. The molecule has 0 radical (unpaired) electrons. The number of carbonyl (C=O) groups excluding carboxylic acids is 1. The van der Waals surface area contributed by atoms with Crippen LogP contribution in [0.4, 0.5) is 4.79 Å². The van der Waals surface area contributed by atoms with E-state index in [0.29, 0.717) is 18.8 Å². The normalized spacial score (nSPS) is 27.0. The standard InChI is InChI=1S/C15H28N2O3S/c1-5-12-6-8-15(9-7-12,13(18)19)16-14(20)17(3)11(2)10-21-4/h11-12H,5-10H2,1-4H3,(H,16,20)(H,18,19). The van der Waals surface area contributed by atoms with Crippen molar-refractivity contribution in [1.82, 2.24) is 10.2 Å². The number of nitrogens with one attached hydrogen (secondary N) is 1. The Hall–Kier alpha value is -0.910. The second-order valence-electron chi connectivity index (χ2n) is 6.08. The van der Waals surface area contributed by atoms with Gasteiger partial charge < -0.3 is 15.3 Å². The van der Waals surface area contributed by atoms with E-state index < -0.39 is 11.5 Å². The molecule has 1 aliphatic carbocycles. The van der Waals surface area contributed by atoms with E-state index in [9.17, 15) is 14.7 Å². The molecule has 1 saturated carbocycles. The fourth-order valence-corrected chi connectivity index (χ4v) is 3.52. The average molecular weight is 316 g/mol. The number of hydrogen-bond acceptors (Lipinski definition) is 3. The van der Waals surface area contributed by atoms with Crippen molar-refractivity contribution in [1.29, 1.82) is 0 Å². The Labute approximate surface area is 131 Å². The molecular weight excluding hydrogens is 288 g/mol. The quantitative estimate of drug-likeness (QED) is 0.790. The summed E-state index contributed by atoms with van der Waals surface area (Å²) in [5.41, 5.74) is -1.09. The Kier molecular flexibility index (Phi) is 6.84. The number of hydrogen-bond donors (Lipinski definition) is 2. The molecule has 0 heterocycles.